The molecule has 1 aromatic heterocycles. The van der Waals surface area contributed by atoms with Gasteiger partial charge in [-0.05, 0) is 0 Å². The van der Waals surface area contributed by atoms with Crippen LogP contribution in [-0.2, 0) is 21.4 Å². The highest BCUT2D eigenvalue weighted by atomic mass is 16.5. The number of hydrogen-bond acceptors (Lipinski definition) is 5. The minimum Gasteiger partial charge on any atom is -0.469 e. The van der Waals surface area contributed by atoms with Crippen molar-refractivity contribution in [2.24, 2.45) is 12.0 Å². The van der Waals surface area contributed by atoms with Gasteiger partial charge in [-0.15, -0.1) is 0 Å². The fourth-order valence-electron chi connectivity index (χ4n) is 2.39. The van der Waals surface area contributed by atoms with Gasteiger partial charge in [-0.2, -0.15) is 5.10 Å². The maximum atomic E-state index is 12.4. The lowest BCUT2D eigenvalue weighted by atomic mass is 10.3. The Labute approximate surface area is 134 Å². The lowest BCUT2D eigenvalue weighted by molar-refractivity contribution is -0.140. The quantitative estimate of drug-likeness (QED) is 0.444. The van der Waals surface area contributed by atoms with E-state index in [2.05, 4.69) is 20.1 Å². The molecule has 0 aliphatic carbocycles. The SMILES string of the molecule is CN=C(NCCC(=O)OC)N1CCN(c2cnn(C)c2)C(=O)C1. The summed E-state index contributed by atoms with van der Waals surface area (Å²) >= 11 is 0. The third-order valence-electron chi connectivity index (χ3n) is 3.57. The number of anilines is 1. The number of esters is 1. The van der Waals surface area contributed by atoms with E-state index in [4.69, 9.17) is 0 Å². The van der Waals surface area contributed by atoms with E-state index in [1.54, 1.807) is 22.8 Å². The molecule has 2 heterocycles. The number of piperazine rings is 1. The van der Waals surface area contributed by atoms with Crippen LogP contribution in [0.5, 0.6) is 0 Å². The van der Waals surface area contributed by atoms with E-state index >= 15 is 0 Å². The number of aromatic nitrogens is 2. The first-order chi connectivity index (χ1) is 11.0. The van der Waals surface area contributed by atoms with Crippen LogP contribution < -0.4 is 10.2 Å². The van der Waals surface area contributed by atoms with E-state index in [0.29, 0.717) is 25.6 Å². The molecule has 0 radical (unpaired) electrons. The van der Waals surface area contributed by atoms with E-state index < -0.39 is 0 Å². The molecule has 0 unspecified atom stereocenters. The summed E-state index contributed by atoms with van der Waals surface area (Å²) < 4.78 is 6.26. The third kappa shape index (κ3) is 4.21. The summed E-state index contributed by atoms with van der Waals surface area (Å²) in [5, 5.41) is 7.16. The van der Waals surface area contributed by atoms with Crippen molar-refractivity contribution in [2.75, 3.05) is 45.2 Å². The van der Waals surface area contributed by atoms with Crippen LogP contribution in [-0.4, -0.2) is 72.9 Å². The van der Waals surface area contributed by atoms with Crippen LogP contribution in [0.25, 0.3) is 0 Å². The van der Waals surface area contributed by atoms with Crippen molar-refractivity contribution in [1.82, 2.24) is 20.0 Å². The number of aliphatic imine (C=N–C) groups is 1. The molecule has 9 nitrogen and oxygen atoms in total. The van der Waals surface area contributed by atoms with E-state index in [-0.39, 0.29) is 24.8 Å². The molecule has 1 fully saturated rings. The van der Waals surface area contributed by atoms with Crippen molar-refractivity contribution in [3.8, 4) is 0 Å². The molecular weight excluding hydrogens is 300 g/mol. The van der Waals surface area contributed by atoms with Gasteiger partial charge >= 0.3 is 5.97 Å². The molecule has 9 heteroatoms. The second-order valence-corrected chi connectivity index (χ2v) is 5.14. The number of carbonyl (C=O) groups excluding carboxylic acids is 2. The van der Waals surface area contributed by atoms with Gasteiger partial charge in [0.05, 0.1) is 25.4 Å². The zero-order valence-electron chi connectivity index (χ0n) is 13.7. The maximum Gasteiger partial charge on any atom is 0.307 e. The molecule has 1 saturated heterocycles. The lowest BCUT2D eigenvalue weighted by Crippen LogP contribution is -2.55. The van der Waals surface area contributed by atoms with Crippen molar-refractivity contribution in [3.63, 3.8) is 0 Å². The normalized spacial score (nSPS) is 15.8. The summed E-state index contributed by atoms with van der Waals surface area (Å²) in [4.78, 5) is 31.2. The minimum atomic E-state index is -0.287. The summed E-state index contributed by atoms with van der Waals surface area (Å²) in [6, 6.07) is 0. The number of amides is 1. The number of rotatable bonds is 4. The van der Waals surface area contributed by atoms with Crippen molar-refractivity contribution < 1.29 is 14.3 Å². The lowest BCUT2D eigenvalue weighted by Gasteiger charge is -2.35. The second kappa shape index (κ2) is 7.61. The zero-order chi connectivity index (χ0) is 16.8. The van der Waals surface area contributed by atoms with Crippen molar-refractivity contribution in [3.05, 3.63) is 12.4 Å². The standard InChI is InChI=1S/C14H22N6O3/c1-15-14(16-5-4-13(22)23-3)19-6-7-20(12(21)10-19)11-8-17-18(2)9-11/h8-9H,4-7,10H2,1-3H3,(H,15,16). The average molecular weight is 322 g/mol. The Morgan fingerprint density at radius 2 is 2.26 bits per heavy atom. The fourth-order valence-corrected chi connectivity index (χ4v) is 2.39. The first kappa shape index (κ1) is 16.8. The Bertz CT molecular complexity index is 597. The molecule has 1 aromatic rings. The average Bonchev–Trinajstić information content (AvgIpc) is 2.97. The molecule has 126 valence electrons. The minimum absolute atomic E-state index is 0.0137. The van der Waals surface area contributed by atoms with Crippen LogP contribution in [0, 0.1) is 0 Å². The Balaban J connectivity index is 1.90. The zero-order valence-corrected chi connectivity index (χ0v) is 13.7. The number of nitrogens with one attached hydrogen (secondary N) is 1. The van der Waals surface area contributed by atoms with E-state index in [0.717, 1.165) is 5.69 Å². The number of methoxy groups -OCH3 is 1. The summed E-state index contributed by atoms with van der Waals surface area (Å²) in [6.07, 6.45) is 3.74. The van der Waals surface area contributed by atoms with Crippen LogP contribution in [0.1, 0.15) is 6.42 Å². The van der Waals surface area contributed by atoms with Gasteiger partial charge < -0.3 is 19.9 Å². The van der Waals surface area contributed by atoms with Gasteiger partial charge in [0, 0.05) is 39.9 Å². The number of carbonyl (C=O) groups is 2. The van der Waals surface area contributed by atoms with Crippen LogP contribution in [0.2, 0.25) is 0 Å². The van der Waals surface area contributed by atoms with E-state index in [1.165, 1.54) is 7.11 Å². The third-order valence-corrected chi connectivity index (χ3v) is 3.57. The Morgan fingerprint density at radius 1 is 1.48 bits per heavy atom. The van der Waals surface area contributed by atoms with Gasteiger partial charge in [-0.25, -0.2) is 0 Å². The monoisotopic (exact) mass is 322 g/mol. The van der Waals surface area contributed by atoms with Gasteiger partial charge in [-0.1, -0.05) is 0 Å². The highest BCUT2D eigenvalue weighted by molar-refractivity contribution is 5.98. The van der Waals surface area contributed by atoms with Crippen molar-refractivity contribution in [2.45, 2.75) is 6.42 Å². The number of ether oxygens (including phenoxy) is 1. The molecule has 0 bridgehead atoms. The number of guanidine groups is 1. The van der Waals surface area contributed by atoms with E-state index in [1.807, 2.05) is 18.1 Å². The molecule has 1 aliphatic heterocycles. The summed E-state index contributed by atoms with van der Waals surface area (Å²) in [6.45, 7) is 1.85. The second-order valence-electron chi connectivity index (χ2n) is 5.14. The molecule has 1 aliphatic rings. The Hall–Kier alpha value is -2.58. The van der Waals surface area contributed by atoms with Gasteiger partial charge in [0.15, 0.2) is 5.96 Å². The van der Waals surface area contributed by atoms with Gasteiger partial charge in [-0.3, -0.25) is 19.3 Å². The van der Waals surface area contributed by atoms with Gasteiger partial charge in [0.25, 0.3) is 0 Å². The molecule has 0 atom stereocenters. The van der Waals surface area contributed by atoms with Crippen molar-refractivity contribution in [1.29, 1.82) is 0 Å². The topological polar surface area (TPSA) is 92.1 Å². The van der Waals surface area contributed by atoms with Crippen LogP contribution in [0.4, 0.5) is 5.69 Å². The summed E-state index contributed by atoms with van der Waals surface area (Å²) in [5.41, 5.74) is 0.797. The molecule has 0 spiro atoms. The first-order valence-corrected chi connectivity index (χ1v) is 7.36. The predicted molar refractivity (Wildman–Crippen MR) is 85.1 cm³/mol. The highest BCUT2D eigenvalue weighted by Crippen LogP contribution is 2.15. The molecule has 1 amide bonds. The molecule has 2 rings (SSSR count). The van der Waals surface area contributed by atoms with E-state index in [9.17, 15) is 9.59 Å². The van der Waals surface area contributed by atoms with Gasteiger partial charge in [0.2, 0.25) is 5.91 Å². The molecular formula is C14H22N6O3. The molecule has 0 saturated carbocycles. The molecule has 1 N–H and O–H groups in total. The fraction of sp³-hybridized carbons (Fsp3) is 0.571. The Kier molecular flexibility index (Phi) is 5.56. The smallest absolute Gasteiger partial charge is 0.307 e. The summed E-state index contributed by atoms with van der Waals surface area (Å²) in [7, 11) is 4.82. The first-order valence-electron chi connectivity index (χ1n) is 7.36. The predicted octanol–water partition coefficient (Wildman–Crippen LogP) is -0.793. The van der Waals surface area contributed by atoms with Crippen molar-refractivity contribution >= 4 is 23.5 Å². The number of nitrogens with zero attached hydrogens (tertiary/aromatic N) is 5. The number of hydrogen-bond donors (Lipinski definition) is 1. The summed E-state index contributed by atoms with van der Waals surface area (Å²) in [5.74, 6) is 0.304. The van der Waals surface area contributed by atoms with Crippen LogP contribution >= 0.6 is 0 Å². The van der Waals surface area contributed by atoms with Crippen LogP contribution in [0.15, 0.2) is 17.4 Å². The molecule has 0 aromatic carbocycles. The Morgan fingerprint density at radius 3 is 2.83 bits per heavy atom. The van der Waals surface area contributed by atoms with Crippen LogP contribution in [0.3, 0.4) is 0 Å². The highest BCUT2D eigenvalue weighted by Gasteiger charge is 2.27. The largest absolute Gasteiger partial charge is 0.469 e. The molecule has 23 heavy (non-hydrogen) atoms. The maximum absolute atomic E-state index is 12.4. The van der Waals surface area contributed by atoms with Gasteiger partial charge in [0.1, 0.15) is 6.54 Å². The number of aryl methyl sites for hydroxylation is 1.